The first-order valence-electron chi connectivity index (χ1n) is 4.02. The van der Waals surface area contributed by atoms with E-state index >= 15 is 0 Å². The van der Waals surface area contributed by atoms with Crippen molar-refractivity contribution in [2.45, 2.75) is 25.6 Å². The van der Waals surface area contributed by atoms with E-state index in [1.165, 1.54) is 12.8 Å². The van der Waals surface area contributed by atoms with Gasteiger partial charge in [0, 0.05) is 20.6 Å². The summed E-state index contributed by atoms with van der Waals surface area (Å²) >= 11 is 0. The summed E-state index contributed by atoms with van der Waals surface area (Å²) in [5.41, 5.74) is 5.96. The normalized spacial score (nSPS) is 20.7. The molecule has 1 aliphatic carbocycles. The molecule has 1 aliphatic rings. The Morgan fingerprint density at radius 3 is 2.18 bits per heavy atom. The molecule has 2 N–H and O–H groups in total. The Labute approximate surface area is 67.9 Å². The monoisotopic (exact) mass is 159 g/mol. The molecule has 0 unspecified atom stereocenters. The van der Waals surface area contributed by atoms with Crippen molar-refractivity contribution in [3.8, 4) is 0 Å². The van der Waals surface area contributed by atoms with Crippen molar-refractivity contribution in [2.24, 2.45) is 11.1 Å². The van der Waals surface area contributed by atoms with E-state index in [0.29, 0.717) is 5.41 Å². The van der Waals surface area contributed by atoms with Gasteiger partial charge >= 0.3 is 0 Å². The van der Waals surface area contributed by atoms with Gasteiger partial charge in [0.25, 0.3) is 0 Å². The Balaban J connectivity index is 2.27. The maximum atomic E-state index is 5.62. The second-order valence-electron chi connectivity index (χ2n) is 3.31. The molecule has 0 radical (unpaired) electrons. The van der Waals surface area contributed by atoms with Crippen molar-refractivity contribution in [1.82, 2.24) is 0 Å². The van der Waals surface area contributed by atoms with Gasteiger partial charge in [-0.3, -0.25) is 0 Å². The Hall–Kier alpha value is -0.120. The predicted octanol–water partition coefficient (Wildman–Crippen LogP) is 0.734. The standard InChI is InChI=1S/C8H17NO2/c1-10-7(11-2)5-8(6-9)3-4-8/h7H,3-6,9H2,1-2H3. The fourth-order valence-corrected chi connectivity index (χ4v) is 1.28. The summed E-state index contributed by atoms with van der Waals surface area (Å²) in [6.45, 7) is 0.760. The average molecular weight is 159 g/mol. The Kier molecular flexibility index (Phi) is 2.87. The molecule has 0 spiro atoms. The first kappa shape index (κ1) is 8.97. The summed E-state index contributed by atoms with van der Waals surface area (Å²) in [6.07, 6.45) is 3.33. The number of rotatable bonds is 5. The van der Waals surface area contributed by atoms with Crippen molar-refractivity contribution in [1.29, 1.82) is 0 Å². The van der Waals surface area contributed by atoms with Crippen LogP contribution in [-0.4, -0.2) is 27.1 Å². The van der Waals surface area contributed by atoms with Crippen LogP contribution in [0, 0.1) is 5.41 Å². The number of methoxy groups -OCH3 is 2. The third-order valence-electron chi connectivity index (χ3n) is 2.52. The smallest absolute Gasteiger partial charge is 0.157 e. The zero-order valence-electron chi connectivity index (χ0n) is 7.30. The molecule has 66 valence electrons. The second kappa shape index (κ2) is 3.52. The topological polar surface area (TPSA) is 44.5 Å². The molecule has 0 aromatic carbocycles. The van der Waals surface area contributed by atoms with Gasteiger partial charge in [-0.05, 0) is 24.8 Å². The van der Waals surface area contributed by atoms with E-state index in [4.69, 9.17) is 15.2 Å². The van der Waals surface area contributed by atoms with Crippen LogP contribution in [0.4, 0.5) is 0 Å². The van der Waals surface area contributed by atoms with Crippen molar-refractivity contribution < 1.29 is 9.47 Å². The highest BCUT2D eigenvalue weighted by Crippen LogP contribution is 2.48. The summed E-state index contributed by atoms with van der Waals surface area (Å²) in [7, 11) is 3.33. The number of hydrogen-bond donors (Lipinski definition) is 1. The molecule has 3 nitrogen and oxygen atoms in total. The minimum absolute atomic E-state index is 0.0685. The molecule has 0 aromatic rings. The van der Waals surface area contributed by atoms with Gasteiger partial charge in [-0.1, -0.05) is 0 Å². The van der Waals surface area contributed by atoms with E-state index in [-0.39, 0.29) is 6.29 Å². The summed E-state index contributed by atoms with van der Waals surface area (Å²) in [5, 5.41) is 0. The lowest BCUT2D eigenvalue weighted by Gasteiger charge is -2.19. The largest absolute Gasteiger partial charge is 0.356 e. The molecule has 0 amide bonds. The summed E-state index contributed by atoms with van der Waals surface area (Å²) in [5.74, 6) is 0. The first-order valence-corrected chi connectivity index (χ1v) is 4.02. The molecule has 0 aromatic heterocycles. The van der Waals surface area contributed by atoms with Crippen LogP contribution in [0.5, 0.6) is 0 Å². The molecule has 1 saturated carbocycles. The third-order valence-corrected chi connectivity index (χ3v) is 2.52. The van der Waals surface area contributed by atoms with Gasteiger partial charge in [-0.15, -0.1) is 0 Å². The van der Waals surface area contributed by atoms with Gasteiger partial charge < -0.3 is 15.2 Å². The molecular formula is C8H17NO2. The van der Waals surface area contributed by atoms with Crippen LogP contribution in [0.2, 0.25) is 0 Å². The van der Waals surface area contributed by atoms with Crippen LogP contribution < -0.4 is 5.73 Å². The molecular weight excluding hydrogens is 142 g/mol. The van der Waals surface area contributed by atoms with E-state index in [9.17, 15) is 0 Å². The molecule has 0 saturated heterocycles. The van der Waals surface area contributed by atoms with Gasteiger partial charge in [-0.2, -0.15) is 0 Å². The summed E-state index contributed by atoms with van der Waals surface area (Å²) in [4.78, 5) is 0. The molecule has 0 aliphatic heterocycles. The summed E-state index contributed by atoms with van der Waals surface area (Å²) < 4.78 is 10.2. The van der Waals surface area contributed by atoms with Crippen LogP contribution in [0.3, 0.4) is 0 Å². The van der Waals surface area contributed by atoms with Crippen LogP contribution in [0.25, 0.3) is 0 Å². The fraction of sp³-hybridized carbons (Fsp3) is 1.00. The van der Waals surface area contributed by atoms with Crippen molar-refractivity contribution in [3.05, 3.63) is 0 Å². The van der Waals surface area contributed by atoms with E-state index in [2.05, 4.69) is 0 Å². The van der Waals surface area contributed by atoms with E-state index in [0.717, 1.165) is 13.0 Å². The fourth-order valence-electron chi connectivity index (χ4n) is 1.28. The van der Waals surface area contributed by atoms with Gasteiger partial charge in [-0.25, -0.2) is 0 Å². The molecule has 11 heavy (non-hydrogen) atoms. The number of nitrogens with two attached hydrogens (primary N) is 1. The summed E-state index contributed by atoms with van der Waals surface area (Å²) in [6, 6.07) is 0. The first-order chi connectivity index (χ1) is 5.26. The zero-order chi connectivity index (χ0) is 8.32. The maximum absolute atomic E-state index is 5.62. The second-order valence-corrected chi connectivity index (χ2v) is 3.31. The highest BCUT2D eigenvalue weighted by molar-refractivity contribution is 4.94. The van der Waals surface area contributed by atoms with Crippen LogP contribution in [0.15, 0.2) is 0 Å². The molecule has 0 bridgehead atoms. The van der Waals surface area contributed by atoms with Crippen LogP contribution in [-0.2, 0) is 9.47 Å². The lowest BCUT2D eigenvalue weighted by molar-refractivity contribution is -0.115. The quantitative estimate of drug-likeness (QED) is 0.601. The van der Waals surface area contributed by atoms with Gasteiger partial charge in [0.1, 0.15) is 0 Å². The van der Waals surface area contributed by atoms with Crippen LogP contribution in [0.1, 0.15) is 19.3 Å². The van der Waals surface area contributed by atoms with Crippen molar-refractivity contribution >= 4 is 0 Å². The Morgan fingerprint density at radius 1 is 1.36 bits per heavy atom. The Morgan fingerprint density at radius 2 is 1.91 bits per heavy atom. The average Bonchev–Trinajstić information content (AvgIpc) is 2.81. The lowest BCUT2D eigenvalue weighted by Crippen LogP contribution is -2.24. The third kappa shape index (κ3) is 2.15. The maximum Gasteiger partial charge on any atom is 0.157 e. The number of ether oxygens (including phenoxy) is 2. The number of hydrogen-bond acceptors (Lipinski definition) is 3. The SMILES string of the molecule is COC(CC1(CN)CC1)OC. The molecule has 0 heterocycles. The zero-order valence-corrected chi connectivity index (χ0v) is 7.30. The highest BCUT2D eigenvalue weighted by atomic mass is 16.7. The lowest BCUT2D eigenvalue weighted by atomic mass is 10.0. The molecule has 3 heteroatoms. The van der Waals surface area contributed by atoms with Crippen molar-refractivity contribution in [3.63, 3.8) is 0 Å². The van der Waals surface area contributed by atoms with Gasteiger partial charge in [0.2, 0.25) is 0 Å². The Bertz CT molecular complexity index is 119. The van der Waals surface area contributed by atoms with E-state index in [1.54, 1.807) is 14.2 Å². The minimum atomic E-state index is -0.0685. The highest BCUT2D eigenvalue weighted by Gasteiger charge is 2.43. The van der Waals surface area contributed by atoms with Crippen LogP contribution >= 0.6 is 0 Å². The van der Waals surface area contributed by atoms with Gasteiger partial charge in [0.05, 0.1) is 0 Å². The van der Waals surface area contributed by atoms with E-state index < -0.39 is 0 Å². The molecule has 1 fully saturated rings. The van der Waals surface area contributed by atoms with Crippen molar-refractivity contribution in [2.75, 3.05) is 20.8 Å². The van der Waals surface area contributed by atoms with E-state index in [1.807, 2.05) is 0 Å². The molecule has 1 rings (SSSR count). The predicted molar refractivity (Wildman–Crippen MR) is 43.1 cm³/mol. The van der Waals surface area contributed by atoms with Gasteiger partial charge in [0.15, 0.2) is 6.29 Å². The molecule has 0 atom stereocenters. The minimum Gasteiger partial charge on any atom is -0.356 e.